The smallest absolute Gasteiger partial charge is 0.191 e. The first-order chi connectivity index (χ1) is 14.0. The highest BCUT2D eigenvalue weighted by molar-refractivity contribution is 7.80. The highest BCUT2D eigenvalue weighted by Gasteiger charge is 2.12. The SMILES string of the molecule is COc1ccccc1NC(=S)NN=Cc1c(C)nn(Cc2ccc(Cl)cc2)c1Cl. The van der Waals surface area contributed by atoms with Crippen molar-refractivity contribution >= 4 is 52.4 Å². The molecular formula is C20H19Cl2N5OS. The second kappa shape index (κ2) is 9.73. The highest BCUT2D eigenvalue weighted by Crippen LogP contribution is 2.23. The molecule has 3 aromatic rings. The largest absolute Gasteiger partial charge is 0.495 e. The molecule has 1 aromatic heterocycles. The molecule has 1 heterocycles. The summed E-state index contributed by atoms with van der Waals surface area (Å²) in [4.78, 5) is 0. The van der Waals surface area contributed by atoms with E-state index in [1.807, 2.05) is 55.5 Å². The van der Waals surface area contributed by atoms with E-state index >= 15 is 0 Å². The Bertz CT molecular complexity index is 1030. The van der Waals surface area contributed by atoms with Crippen LogP contribution in [0.5, 0.6) is 5.75 Å². The lowest BCUT2D eigenvalue weighted by molar-refractivity contribution is 0.417. The fourth-order valence-electron chi connectivity index (χ4n) is 2.63. The van der Waals surface area contributed by atoms with Gasteiger partial charge in [0.2, 0.25) is 0 Å². The van der Waals surface area contributed by atoms with Gasteiger partial charge in [0.25, 0.3) is 0 Å². The van der Waals surface area contributed by atoms with Crippen LogP contribution in [0, 0.1) is 6.92 Å². The Kier molecular flexibility index (Phi) is 7.09. The van der Waals surface area contributed by atoms with Gasteiger partial charge >= 0.3 is 0 Å². The van der Waals surface area contributed by atoms with Crippen LogP contribution in [0.2, 0.25) is 10.2 Å². The Balaban J connectivity index is 1.65. The summed E-state index contributed by atoms with van der Waals surface area (Å²) >= 11 is 17.7. The molecule has 0 unspecified atom stereocenters. The first-order valence-electron chi connectivity index (χ1n) is 8.68. The van der Waals surface area contributed by atoms with Crippen LogP contribution in [0.15, 0.2) is 53.6 Å². The van der Waals surface area contributed by atoms with Crippen LogP contribution in [-0.2, 0) is 6.54 Å². The maximum atomic E-state index is 6.49. The normalized spacial score (nSPS) is 10.9. The third kappa shape index (κ3) is 5.47. The number of ether oxygens (including phenoxy) is 1. The van der Waals surface area contributed by atoms with Crippen LogP contribution < -0.4 is 15.5 Å². The quantitative estimate of drug-likeness (QED) is 0.320. The van der Waals surface area contributed by atoms with Crippen molar-refractivity contribution in [1.82, 2.24) is 15.2 Å². The van der Waals surface area contributed by atoms with Gasteiger partial charge in [-0.1, -0.05) is 47.5 Å². The number of anilines is 1. The van der Waals surface area contributed by atoms with Gasteiger partial charge in [0.1, 0.15) is 10.9 Å². The molecule has 0 radical (unpaired) electrons. The molecule has 0 atom stereocenters. The lowest BCUT2D eigenvalue weighted by atomic mass is 10.2. The Hall–Kier alpha value is -2.61. The zero-order valence-electron chi connectivity index (χ0n) is 15.8. The van der Waals surface area contributed by atoms with Crippen LogP contribution in [0.3, 0.4) is 0 Å². The molecule has 0 aliphatic heterocycles. The van der Waals surface area contributed by atoms with E-state index in [1.54, 1.807) is 18.0 Å². The van der Waals surface area contributed by atoms with E-state index in [9.17, 15) is 0 Å². The van der Waals surface area contributed by atoms with Crippen molar-refractivity contribution in [1.29, 1.82) is 0 Å². The van der Waals surface area contributed by atoms with Crippen LogP contribution in [0.1, 0.15) is 16.8 Å². The number of nitrogens with zero attached hydrogens (tertiary/aromatic N) is 3. The minimum Gasteiger partial charge on any atom is -0.495 e. The van der Waals surface area contributed by atoms with Gasteiger partial charge in [-0.05, 0) is 49.0 Å². The molecule has 9 heteroatoms. The van der Waals surface area contributed by atoms with Gasteiger partial charge in [0.05, 0.1) is 36.8 Å². The van der Waals surface area contributed by atoms with Crippen LogP contribution >= 0.6 is 35.4 Å². The number of halogens is 2. The lowest BCUT2D eigenvalue weighted by Crippen LogP contribution is -2.24. The maximum absolute atomic E-state index is 6.49. The number of hydrogen-bond acceptors (Lipinski definition) is 4. The molecule has 0 saturated heterocycles. The number of hydrazone groups is 1. The third-order valence-corrected chi connectivity index (χ3v) is 4.91. The van der Waals surface area contributed by atoms with E-state index in [1.165, 1.54) is 0 Å². The predicted octanol–water partition coefficient (Wildman–Crippen LogP) is 4.88. The van der Waals surface area contributed by atoms with Crippen molar-refractivity contribution in [2.45, 2.75) is 13.5 Å². The lowest BCUT2D eigenvalue weighted by Gasteiger charge is -2.10. The number of para-hydroxylation sites is 2. The van der Waals surface area contributed by atoms with E-state index in [0.29, 0.717) is 33.1 Å². The molecule has 2 N–H and O–H groups in total. The van der Waals surface area contributed by atoms with Gasteiger partial charge in [-0.15, -0.1) is 0 Å². The van der Waals surface area contributed by atoms with E-state index in [0.717, 1.165) is 16.9 Å². The summed E-state index contributed by atoms with van der Waals surface area (Å²) in [7, 11) is 1.60. The van der Waals surface area contributed by atoms with Gasteiger partial charge in [0, 0.05) is 5.02 Å². The van der Waals surface area contributed by atoms with Crippen molar-refractivity contribution < 1.29 is 4.74 Å². The van der Waals surface area contributed by atoms with Crippen LogP contribution in [-0.4, -0.2) is 28.2 Å². The molecule has 3 rings (SSSR count). The molecule has 0 amide bonds. The first kappa shape index (κ1) is 21.1. The topological polar surface area (TPSA) is 63.5 Å². The molecule has 0 spiro atoms. The summed E-state index contributed by atoms with van der Waals surface area (Å²) in [5.74, 6) is 0.683. The van der Waals surface area contributed by atoms with E-state index in [2.05, 4.69) is 20.9 Å². The van der Waals surface area contributed by atoms with Crippen LogP contribution in [0.4, 0.5) is 5.69 Å². The molecule has 0 bridgehead atoms. The summed E-state index contributed by atoms with van der Waals surface area (Å²) in [6.45, 7) is 2.41. The summed E-state index contributed by atoms with van der Waals surface area (Å²) in [6.07, 6.45) is 1.60. The number of methoxy groups -OCH3 is 1. The Morgan fingerprint density at radius 1 is 1.21 bits per heavy atom. The molecule has 0 fully saturated rings. The fraction of sp³-hybridized carbons (Fsp3) is 0.150. The minimum atomic E-state index is 0.327. The molecule has 29 heavy (non-hydrogen) atoms. The molecule has 2 aromatic carbocycles. The second-order valence-electron chi connectivity index (χ2n) is 6.10. The molecule has 0 saturated carbocycles. The average Bonchev–Trinajstić information content (AvgIpc) is 2.97. The van der Waals surface area contributed by atoms with E-state index in [4.69, 9.17) is 40.2 Å². The van der Waals surface area contributed by atoms with Crippen LogP contribution in [0.25, 0.3) is 0 Å². The molecule has 6 nitrogen and oxygen atoms in total. The molecule has 0 aliphatic carbocycles. The number of rotatable bonds is 6. The average molecular weight is 448 g/mol. The monoisotopic (exact) mass is 447 g/mol. The summed E-state index contributed by atoms with van der Waals surface area (Å²) in [6, 6.07) is 15.0. The van der Waals surface area contributed by atoms with E-state index in [-0.39, 0.29) is 0 Å². The zero-order chi connectivity index (χ0) is 20.8. The van der Waals surface area contributed by atoms with Gasteiger partial charge in [0.15, 0.2) is 5.11 Å². The Labute approximate surface area is 184 Å². The van der Waals surface area contributed by atoms with Crippen molar-refractivity contribution in [3.63, 3.8) is 0 Å². The first-order valence-corrected chi connectivity index (χ1v) is 9.84. The van der Waals surface area contributed by atoms with Crippen molar-refractivity contribution in [2.24, 2.45) is 5.10 Å². The number of aryl methyl sites for hydroxylation is 1. The minimum absolute atomic E-state index is 0.327. The zero-order valence-corrected chi connectivity index (χ0v) is 18.1. The standard InChI is InChI=1S/C20H19Cl2N5OS/c1-13-16(19(22)27(26-13)12-14-7-9-15(21)10-8-14)11-23-25-20(29)24-17-5-3-4-6-18(17)28-2/h3-11H,12H2,1-2H3,(H2,24,25,29). The number of nitrogens with one attached hydrogen (secondary N) is 2. The maximum Gasteiger partial charge on any atom is 0.191 e. The fourth-order valence-corrected chi connectivity index (χ4v) is 3.21. The van der Waals surface area contributed by atoms with Crippen molar-refractivity contribution in [3.05, 3.63) is 75.5 Å². The molecular weight excluding hydrogens is 429 g/mol. The summed E-state index contributed by atoms with van der Waals surface area (Å²) in [5.41, 5.74) is 6.04. The van der Waals surface area contributed by atoms with Crippen molar-refractivity contribution in [2.75, 3.05) is 12.4 Å². The molecule has 150 valence electrons. The highest BCUT2D eigenvalue weighted by atomic mass is 35.5. The van der Waals surface area contributed by atoms with Gasteiger partial charge < -0.3 is 10.1 Å². The number of benzene rings is 2. The number of hydrogen-bond donors (Lipinski definition) is 2. The Morgan fingerprint density at radius 2 is 1.93 bits per heavy atom. The third-order valence-electron chi connectivity index (χ3n) is 4.07. The predicted molar refractivity (Wildman–Crippen MR) is 122 cm³/mol. The number of aromatic nitrogens is 2. The number of thiocarbonyl (C=S) groups is 1. The summed E-state index contributed by atoms with van der Waals surface area (Å²) < 4.78 is 7.00. The van der Waals surface area contributed by atoms with E-state index < -0.39 is 0 Å². The van der Waals surface area contributed by atoms with Crippen molar-refractivity contribution in [3.8, 4) is 5.75 Å². The van der Waals surface area contributed by atoms with Gasteiger partial charge in [-0.2, -0.15) is 10.2 Å². The summed E-state index contributed by atoms with van der Waals surface area (Å²) in [5, 5.41) is 13.2. The molecule has 0 aliphatic rings. The second-order valence-corrected chi connectivity index (χ2v) is 7.30. The Morgan fingerprint density at radius 3 is 2.66 bits per heavy atom. The van der Waals surface area contributed by atoms with Gasteiger partial charge in [-0.25, -0.2) is 4.68 Å². The van der Waals surface area contributed by atoms with Gasteiger partial charge in [-0.3, -0.25) is 5.43 Å².